The van der Waals surface area contributed by atoms with Gasteiger partial charge in [-0.25, -0.2) is 0 Å². The molecule has 3 rings (SSSR count). The number of rotatable bonds is 2. The molecule has 1 aromatic heterocycles. The summed E-state index contributed by atoms with van der Waals surface area (Å²) in [6, 6.07) is 7.94. The van der Waals surface area contributed by atoms with Gasteiger partial charge >= 0.3 is 0 Å². The Kier molecular flexibility index (Phi) is 3.77. The van der Waals surface area contributed by atoms with Crippen LogP contribution in [0.5, 0.6) is 0 Å². The van der Waals surface area contributed by atoms with E-state index in [1.54, 1.807) is 0 Å². The number of nitrogens with zero attached hydrogens (tertiary/aromatic N) is 1. The van der Waals surface area contributed by atoms with E-state index < -0.39 is 0 Å². The summed E-state index contributed by atoms with van der Waals surface area (Å²) in [5.74, 6) is 0.977. The van der Waals surface area contributed by atoms with E-state index in [4.69, 9.17) is 0 Å². The van der Waals surface area contributed by atoms with Crippen molar-refractivity contribution in [3.8, 4) is 0 Å². The van der Waals surface area contributed by atoms with E-state index in [1.807, 2.05) is 35.4 Å². The van der Waals surface area contributed by atoms with Gasteiger partial charge in [0, 0.05) is 35.8 Å². The monoisotopic (exact) mass is 270 g/mol. The molecule has 1 fully saturated rings. The number of benzene rings is 1. The molecular weight excluding hydrogens is 248 g/mol. The largest absolute Gasteiger partial charge is 0.361 e. The van der Waals surface area contributed by atoms with Gasteiger partial charge in [0.05, 0.1) is 0 Å². The SMILES string of the molecule is CCC1CCCN(C(=O)c2ccc3[nH]ccc3c2)CC1. The molecule has 2 heterocycles. The van der Waals surface area contributed by atoms with Crippen LogP contribution in [0, 0.1) is 5.92 Å². The van der Waals surface area contributed by atoms with Crippen LogP contribution >= 0.6 is 0 Å². The average Bonchev–Trinajstić information content (AvgIpc) is 2.81. The molecule has 1 aromatic carbocycles. The minimum Gasteiger partial charge on any atom is -0.361 e. The van der Waals surface area contributed by atoms with Crippen LogP contribution in [0.4, 0.5) is 0 Å². The maximum Gasteiger partial charge on any atom is 0.253 e. The van der Waals surface area contributed by atoms with Gasteiger partial charge in [-0.2, -0.15) is 0 Å². The molecule has 1 N–H and O–H groups in total. The molecular formula is C17H22N2O. The highest BCUT2D eigenvalue weighted by Gasteiger charge is 2.20. The van der Waals surface area contributed by atoms with Crippen molar-refractivity contribution in [2.75, 3.05) is 13.1 Å². The second-order valence-electron chi connectivity index (χ2n) is 5.78. The van der Waals surface area contributed by atoms with Crippen molar-refractivity contribution in [2.24, 2.45) is 5.92 Å². The number of amides is 1. The van der Waals surface area contributed by atoms with Gasteiger partial charge in [-0.1, -0.05) is 13.3 Å². The normalized spacial score (nSPS) is 20.1. The van der Waals surface area contributed by atoms with Crippen LogP contribution < -0.4 is 0 Å². The molecule has 0 bridgehead atoms. The van der Waals surface area contributed by atoms with Gasteiger partial charge in [0.25, 0.3) is 5.91 Å². The third-order valence-electron chi connectivity index (χ3n) is 4.51. The molecule has 0 saturated carbocycles. The summed E-state index contributed by atoms with van der Waals surface area (Å²) in [6.45, 7) is 4.06. The molecule has 2 aromatic rings. The molecule has 106 valence electrons. The third kappa shape index (κ3) is 2.58. The predicted molar refractivity (Wildman–Crippen MR) is 81.8 cm³/mol. The Morgan fingerprint density at radius 2 is 2.20 bits per heavy atom. The molecule has 1 atom stereocenters. The lowest BCUT2D eigenvalue weighted by atomic mass is 9.98. The maximum atomic E-state index is 12.6. The van der Waals surface area contributed by atoms with Crippen molar-refractivity contribution in [1.29, 1.82) is 0 Å². The fraction of sp³-hybridized carbons (Fsp3) is 0.471. The minimum atomic E-state index is 0.185. The first-order chi connectivity index (χ1) is 9.78. The summed E-state index contributed by atoms with van der Waals surface area (Å²) in [4.78, 5) is 17.8. The van der Waals surface area contributed by atoms with Crippen molar-refractivity contribution in [1.82, 2.24) is 9.88 Å². The van der Waals surface area contributed by atoms with Crippen LogP contribution in [-0.4, -0.2) is 28.9 Å². The number of aromatic nitrogens is 1. The number of hydrogen-bond donors (Lipinski definition) is 1. The van der Waals surface area contributed by atoms with Crippen molar-refractivity contribution >= 4 is 16.8 Å². The highest BCUT2D eigenvalue weighted by Crippen LogP contribution is 2.22. The average molecular weight is 270 g/mol. The summed E-state index contributed by atoms with van der Waals surface area (Å²) in [5.41, 5.74) is 1.90. The van der Waals surface area contributed by atoms with Crippen LogP contribution in [0.25, 0.3) is 10.9 Å². The Morgan fingerprint density at radius 3 is 3.05 bits per heavy atom. The number of carbonyl (C=O) groups excluding carboxylic acids is 1. The summed E-state index contributed by atoms with van der Waals surface area (Å²) in [7, 11) is 0. The number of H-pyrrole nitrogens is 1. The third-order valence-corrected chi connectivity index (χ3v) is 4.51. The molecule has 1 saturated heterocycles. The van der Waals surface area contributed by atoms with Crippen molar-refractivity contribution < 1.29 is 4.79 Å². The Labute approximate surface area is 120 Å². The summed E-state index contributed by atoms with van der Waals surface area (Å²) >= 11 is 0. The van der Waals surface area contributed by atoms with Gasteiger partial charge in [-0.3, -0.25) is 4.79 Å². The second-order valence-corrected chi connectivity index (χ2v) is 5.78. The molecule has 1 amide bonds. The van der Waals surface area contributed by atoms with Crippen LogP contribution in [0.1, 0.15) is 43.0 Å². The van der Waals surface area contributed by atoms with Crippen molar-refractivity contribution in [3.05, 3.63) is 36.0 Å². The van der Waals surface area contributed by atoms with Gasteiger partial charge in [0.2, 0.25) is 0 Å². The van der Waals surface area contributed by atoms with E-state index in [0.29, 0.717) is 0 Å². The summed E-state index contributed by atoms with van der Waals surface area (Å²) < 4.78 is 0. The van der Waals surface area contributed by atoms with E-state index in [9.17, 15) is 4.79 Å². The zero-order chi connectivity index (χ0) is 13.9. The van der Waals surface area contributed by atoms with Crippen molar-refractivity contribution in [2.45, 2.75) is 32.6 Å². The minimum absolute atomic E-state index is 0.185. The first-order valence-corrected chi connectivity index (χ1v) is 7.64. The maximum absolute atomic E-state index is 12.6. The topological polar surface area (TPSA) is 36.1 Å². The first-order valence-electron chi connectivity index (χ1n) is 7.64. The van der Waals surface area contributed by atoms with Gasteiger partial charge in [-0.15, -0.1) is 0 Å². The molecule has 3 nitrogen and oxygen atoms in total. The fourth-order valence-corrected chi connectivity index (χ4v) is 3.15. The van der Waals surface area contributed by atoms with E-state index in [2.05, 4.69) is 11.9 Å². The summed E-state index contributed by atoms with van der Waals surface area (Å²) in [6.07, 6.45) is 6.69. The standard InChI is InChI=1S/C17H22N2O/c1-2-13-4-3-10-19(11-8-13)17(20)15-5-6-16-14(12-15)7-9-18-16/h5-7,9,12-13,18H,2-4,8,10-11H2,1H3. The van der Waals surface area contributed by atoms with E-state index in [-0.39, 0.29) is 5.91 Å². The fourth-order valence-electron chi connectivity index (χ4n) is 3.15. The molecule has 0 spiro atoms. The van der Waals surface area contributed by atoms with E-state index in [1.165, 1.54) is 12.8 Å². The smallest absolute Gasteiger partial charge is 0.253 e. The molecule has 3 heteroatoms. The summed E-state index contributed by atoms with van der Waals surface area (Å²) in [5, 5.41) is 1.11. The lowest BCUT2D eigenvalue weighted by molar-refractivity contribution is 0.0760. The number of likely N-dealkylation sites (tertiary alicyclic amines) is 1. The number of aromatic amines is 1. The van der Waals surface area contributed by atoms with Crippen LogP contribution in [-0.2, 0) is 0 Å². The van der Waals surface area contributed by atoms with Gasteiger partial charge in [-0.05, 0) is 49.4 Å². The molecule has 1 aliphatic heterocycles. The molecule has 1 aliphatic rings. The number of nitrogens with one attached hydrogen (secondary N) is 1. The number of hydrogen-bond acceptors (Lipinski definition) is 1. The lowest BCUT2D eigenvalue weighted by Gasteiger charge is -2.20. The molecule has 0 radical (unpaired) electrons. The van der Waals surface area contributed by atoms with E-state index in [0.717, 1.165) is 48.3 Å². The van der Waals surface area contributed by atoms with Gasteiger partial charge in [0.15, 0.2) is 0 Å². The van der Waals surface area contributed by atoms with Crippen LogP contribution in [0.2, 0.25) is 0 Å². The Bertz CT molecular complexity index is 602. The zero-order valence-corrected chi connectivity index (χ0v) is 12.1. The first kappa shape index (κ1) is 13.2. The number of fused-ring (bicyclic) bond motifs is 1. The van der Waals surface area contributed by atoms with Gasteiger partial charge in [0.1, 0.15) is 0 Å². The van der Waals surface area contributed by atoms with Crippen LogP contribution in [0.15, 0.2) is 30.5 Å². The quantitative estimate of drug-likeness (QED) is 0.884. The Hall–Kier alpha value is -1.77. The Balaban J connectivity index is 1.77. The number of carbonyl (C=O) groups is 1. The lowest BCUT2D eigenvalue weighted by Crippen LogP contribution is -2.32. The second kappa shape index (κ2) is 5.70. The zero-order valence-electron chi connectivity index (χ0n) is 12.1. The van der Waals surface area contributed by atoms with E-state index >= 15 is 0 Å². The van der Waals surface area contributed by atoms with Crippen molar-refractivity contribution in [3.63, 3.8) is 0 Å². The molecule has 0 aliphatic carbocycles. The molecule has 20 heavy (non-hydrogen) atoms. The van der Waals surface area contributed by atoms with Crippen LogP contribution in [0.3, 0.4) is 0 Å². The Morgan fingerprint density at radius 1 is 1.30 bits per heavy atom. The highest BCUT2D eigenvalue weighted by atomic mass is 16.2. The molecule has 1 unspecified atom stereocenters. The predicted octanol–water partition coefficient (Wildman–Crippen LogP) is 3.82. The van der Waals surface area contributed by atoms with Gasteiger partial charge < -0.3 is 9.88 Å². The highest BCUT2D eigenvalue weighted by molar-refractivity contribution is 5.98.